The highest BCUT2D eigenvalue weighted by atomic mass is 32.1. The molecule has 21 heavy (non-hydrogen) atoms. The van der Waals surface area contributed by atoms with Crippen molar-refractivity contribution in [3.05, 3.63) is 6.07 Å². The lowest BCUT2D eigenvalue weighted by Gasteiger charge is -2.15. The van der Waals surface area contributed by atoms with Gasteiger partial charge in [0, 0.05) is 12.6 Å². The largest absolute Gasteiger partial charge is 0.490 e. The average molecular weight is 310 g/mol. The topological polar surface area (TPSA) is 52.6 Å². The minimum absolute atomic E-state index is 0.551. The van der Waals surface area contributed by atoms with E-state index >= 15 is 0 Å². The van der Waals surface area contributed by atoms with Gasteiger partial charge in [-0.25, -0.2) is 4.98 Å². The van der Waals surface area contributed by atoms with Crippen molar-refractivity contribution in [3.63, 3.8) is 0 Å². The maximum atomic E-state index is 5.79. The smallest absolute Gasteiger partial charge is 0.205 e. The van der Waals surface area contributed by atoms with Gasteiger partial charge in [0.2, 0.25) is 5.75 Å². The molecule has 5 nitrogen and oxygen atoms in total. The minimum Gasteiger partial charge on any atom is -0.490 e. The van der Waals surface area contributed by atoms with Crippen LogP contribution in [0.1, 0.15) is 27.7 Å². The molecule has 2 rings (SSSR count). The second-order valence-electron chi connectivity index (χ2n) is 4.23. The van der Waals surface area contributed by atoms with Crippen molar-refractivity contribution in [2.24, 2.45) is 0 Å². The van der Waals surface area contributed by atoms with E-state index in [1.807, 2.05) is 33.8 Å². The SMILES string of the molecule is CCNc1nc2c(OCC)c(OCC)c(OCC)cc2s1. The lowest BCUT2D eigenvalue weighted by Crippen LogP contribution is -2.03. The maximum absolute atomic E-state index is 5.79. The Hall–Kier alpha value is -1.69. The Bertz CT molecular complexity index is 598. The standard InChI is InChI=1S/C15H22N2O3S/c1-5-16-15-17-12-11(21-15)9-10(18-6-2)13(19-7-3)14(12)20-8-4/h9H,5-8H2,1-4H3,(H,16,17). The van der Waals surface area contributed by atoms with Crippen LogP contribution >= 0.6 is 11.3 Å². The van der Waals surface area contributed by atoms with Gasteiger partial charge in [0.15, 0.2) is 16.6 Å². The van der Waals surface area contributed by atoms with E-state index < -0.39 is 0 Å². The maximum Gasteiger partial charge on any atom is 0.205 e. The highest BCUT2D eigenvalue weighted by Crippen LogP contribution is 2.46. The molecule has 0 aliphatic heterocycles. The molecular weight excluding hydrogens is 288 g/mol. The number of anilines is 1. The summed E-state index contributed by atoms with van der Waals surface area (Å²) in [5, 5.41) is 4.12. The second kappa shape index (κ2) is 7.36. The molecule has 0 saturated carbocycles. The van der Waals surface area contributed by atoms with Gasteiger partial charge in [0.1, 0.15) is 5.52 Å². The zero-order valence-corrected chi connectivity index (χ0v) is 13.8. The Morgan fingerprint density at radius 1 is 1.00 bits per heavy atom. The fraction of sp³-hybridized carbons (Fsp3) is 0.533. The molecule has 1 aromatic carbocycles. The number of hydrogen-bond acceptors (Lipinski definition) is 6. The molecule has 0 radical (unpaired) electrons. The van der Waals surface area contributed by atoms with Gasteiger partial charge >= 0.3 is 0 Å². The van der Waals surface area contributed by atoms with Gasteiger partial charge in [-0.3, -0.25) is 0 Å². The third-order valence-electron chi connectivity index (χ3n) is 2.77. The Balaban J connectivity index is 2.61. The van der Waals surface area contributed by atoms with Crippen LogP contribution in [0.4, 0.5) is 5.13 Å². The summed E-state index contributed by atoms with van der Waals surface area (Å²) in [6.45, 7) is 10.4. The normalized spacial score (nSPS) is 10.7. The first-order chi connectivity index (χ1) is 10.2. The fourth-order valence-electron chi connectivity index (χ4n) is 2.05. The number of hydrogen-bond donors (Lipinski definition) is 1. The highest BCUT2D eigenvalue weighted by Gasteiger charge is 2.20. The van der Waals surface area contributed by atoms with Crippen LogP contribution in [0.15, 0.2) is 6.07 Å². The van der Waals surface area contributed by atoms with Gasteiger partial charge in [-0.1, -0.05) is 11.3 Å². The van der Waals surface area contributed by atoms with Crippen LogP contribution in [0, 0.1) is 0 Å². The molecule has 1 aromatic heterocycles. The lowest BCUT2D eigenvalue weighted by atomic mass is 10.2. The first kappa shape index (κ1) is 15.7. The molecule has 0 spiro atoms. The van der Waals surface area contributed by atoms with Gasteiger partial charge < -0.3 is 19.5 Å². The van der Waals surface area contributed by atoms with E-state index in [-0.39, 0.29) is 0 Å². The summed E-state index contributed by atoms with van der Waals surface area (Å²) in [6, 6.07) is 1.98. The number of thiazole rings is 1. The van der Waals surface area contributed by atoms with Gasteiger partial charge in [0.05, 0.1) is 24.5 Å². The van der Waals surface area contributed by atoms with Crippen molar-refractivity contribution >= 4 is 26.7 Å². The van der Waals surface area contributed by atoms with Crippen molar-refractivity contribution < 1.29 is 14.2 Å². The number of rotatable bonds is 8. The number of benzene rings is 1. The molecule has 0 unspecified atom stereocenters. The molecule has 116 valence electrons. The van der Waals surface area contributed by atoms with Crippen LogP contribution in [0.5, 0.6) is 17.2 Å². The number of fused-ring (bicyclic) bond motifs is 1. The van der Waals surface area contributed by atoms with Crippen LogP contribution in [0.2, 0.25) is 0 Å². The number of nitrogens with zero attached hydrogens (tertiary/aromatic N) is 1. The van der Waals surface area contributed by atoms with Crippen molar-refractivity contribution in [1.82, 2.24) is 4.98 Å². The summed E-state index contributed by atoms with van der Waals surface area (Å²) < 4.78 is 18.3. The number of nitrogens with one attached hydrogen (secondary N) is 1. The monoisotopic (exact) mass is 310 g/mol. The van der Waals surface area contributed by atoms with Crippen molar-refractivity contribution in [3.8, 4) is 17.2 Å². The third-order valence-corrected chi connectivity index (χ3v) is 3.73. The van der Waals surface area contributed by atoms with Crippen LogP contribution in [-0.2, 0) is 0 Å². The predicted octanol–water partition coefficient (Wildman–Crippen LogP) is 3.92. The Morgan fingerprint density at radius 2 is 1.67 bits per heavy atom. The summed E-state index contributed by atoms with van der Waals surface area (Å²) in [4.78, 5) is 4.61. The predicted molar refractivity (Wildman–Crippen MR) is 87.3 cm³/mol. The van der Waals surface area contributed by atoms with Gasteiger partial charge in [-0.15, -0.1) is 0 Å². The molecule has 0 aliphatic carbocycles. The second-order valence-corrected chi connectivity index (χ2v) is 5.26. The van der Waals surface area contributed by atoms with Crippen molar-refractivity contribution in [2.45, 2.75) is 27.7 Å². The quantitative estimate of drug-likeness (QED) is 0.801. The fourth-order valence-corrected chi connectivity index (χ4v) is 3.01. The summed E-state index contributed by atoms with van der Waals surface area (Å²) >= 11 is 1.59. The van der Waals surface area contributed by atoms with E-state index in [4.69, 9.17) is 14.2 Å². The lowest BCUT2D eigenvalue weighted by molar-refractivity contribution is 0.263. The van der Waals surface area contributed by atoms with Crippen LogP contribution < -0.4 is 19.5 Å². The average Bonchev–Trinajstić information content (AvgIpc) is 2.85. The zero-order valence-electron chi connectivity index (χ0n) is 13.0. The van der Waals surface area contributed by atoms with Crippen LogP contribution in [0.3, 0.4) is 0 Å². The summed E-state index contributed by atoms with van der Waals surface area (Å²) in [5.74, 6) is 2.02. The molecule has 0 atom stereocenters. The summed E-state index contributed by atoms with van der Waals surface area (Å²) in [5.41, 5.74) is 0.824. The highest BCUT2D eigenvalue weighted by molar-refractivity contribution is 7.22. The zero-order chi connectivity index (χ0) is 15.2. The van der Waals surface area contributed by atoms with Gasteiger partial charge in [-0.05, 0) is 27.7 Å². The Kier molecular flexibility index (Phi) is 5.50. The Labute approximate surface area is 129 Å². The number of ether oxygens (including phenoxy) is 3. The van der Waals surface area contributed by atoms with Crippen LogP contribution in [-0.4, -0.2) is 31.3 Å². The van der Waals surface area contributed by atoms with Gasteiger partial charge in [-0.2, -0.15) is 0 Å². The molecule has 0 bridgehead atoms. The van der Waals surface area contributed by atoms with E-state index in [0.29, 0.717) is 37.1 Å². The minimum atomic E-state index is 0.551. The van der Waals surface area contributed by atoms with E-state index in [1.54, 1.807) is 11.3 Å². The first-order valence-electron chi connectivity index (χ1n) is 7.34. The molecule has 1 N–H and O–H groups in total. The Morgan fingerprint density at radius 3 is 2.29 bits per heavy atom. The van der Waals surface area contributed by atoms with Crippen molar-refractivity contribution in [2.75, 3.05) is 31.7 Å². The molecule has 1 heterocycles. The molecule has 0 amide bonds. The van der Waals surface area contributed by atoms with E-state index in [0.717, 1.165) is 21.9 Å². The van der Waals surface area contributed by atoms with E-state index in [1.165, 1.54) is 0 Å². The van der Waals surface area contributed by atoms with Crippen molar-refractivity contribution in [1.29, 1.82) is 0 Å². The van der Waals surface area contributed by atoms with Crippen LogP contribution in [0.25, 0.3) is 10.2 Å². The summed E-state index contributed by atoms with van der Waals surface area (Å²) in [7, 11) is 0. The number of aromatic nitrogens is 1. The third kappa shape index (κ3) is 3.32. The van der Waals surface area contributed by atoms with E-state index in [2.05, 4.69) is 10.3 Å². The molecule has 0 aliphatic rings. The van der Waals surface area contributed by atoms with E-state index in [9.17, 15) is 0 Å². The molecule has 0 fully saturated rings. The molecular formula is C15H22N2O3S. The molecule has 0 saturated heterocycles. The summed E-state index contributed by atoms with van der Waals surface area (Å²) in [6.07, 6.45) is 0. The first-order valence-corrected chi connectivity index (χ1v) is 8.16. The molecule has 6 heteroatoms. The van der Waals surface area contributed by atoms with Gasteiger partial charge in [0.25, 0.3) is 0 Å². The molecule has 2 aromatic rings.